The number of hydrogen-bond acceptors (Lipinski definition) is 2. The van der Waals surface area contributed by atoms with Gasteiger partial charge in [0, 0.05) is 31.2 Å². The highest BCUT2D eigenvalue weighted by molar-refractivity contribution is 5.20. The summed E-state index contributed by atoms with van der Waals surface area (Å²) in [4.78, 5) is 2.73. The van der Waals surface area contributed by atoms with E-state index in [4.69, 9.17) is 0 Å². The highest BCUT2D eigenvalue weighted by Gasteiger charge is 2.33. The molecule has 2 heteroatoms. The van der Waals surface area contributed by atoms with Crippen LogP contribution in [0.25, 0.3) is 0 Å². The maximum Gasteiger partial charge on any atom is 0.0476 e. The van der Waals surface area contributed by atoms with Crippen molar-refractivity contribution in [3.05, 3.63) is 35.9 Å². The van der Waals surface area contributed by atoms with Crippen molar-refractivity contribution < 1.29 is 0 Å². The topological polar surface area (TPSA) is 15.3 Å². The molecule has 3 unspecified atom stereocenters. The van der Waals surface area contributed by atoms with Crippen LogP contribution < -0.4 is 5.32 Å². The molecule has 2 nitrogen and oxygen atoms in total. The number of hydrogen-bond donors (Lipinski definition) is 1. The molecular formula is C19H32N2. The third kappa shape index (κ3) is 4.31. The molecule has 1 fully saturated rings. The number of benzene rings is 1. The second-order valence-electron chi connectivity index (χ2n) is 7.34. The lowest BCUT2D eigenvalue weighted by Gasteiger charge is -2.45. The van der Waals surface area contributed by atoms with Gasteiger partial charge in [0.25, 0.3) is 0 Å². The van der Waals surface area contributed by atoms with Gasteiger partial charge in [0.05, 0.1) is 0 Å². The van der Waals surface area contributed by atoms with Crippen LogP contribution in [0.2, 0.25) is 0 Å². The molecule has 118 valence electrons. The van der Waals surface area contributed by atoms with Gasteiger partial charge in [0.2, 0.25) is 0 Å². The van der Waals surface area contributed by atoms with Gasteiger partial charge >= 0.3 is 0 Å². The first kappa shape index (κ1) is 16.5. The van der Waals surface area contributed by atoms with E-state index < -0.39 is 0 Å². The van der Waals surface area contributed by atoms with Crippen molar-refractivity contribution in [1.82, 2.24) is 10.2 Å². The highest BCUT2D eigenvalue weighted by Crippen LogP contribution is 2.29. The molecular weight excluding hydrogens is 256 g/mol. The van der Waals surface area contributed by atoms with Gasteiger partial charge < -0.3 is 5.32 Å². The summed E-state index contributed by atoms with van der Waals surface area (Å²) < 4.78 is 0. The van der Waals surface area contributed by atoms with Crippen molar-refractivity contribution in [2.45, 2.75) is 59.2 Å². The second-order valence-corrected chi connectivity index (χ2v) is 7.34. The molecule has 0 saturated carbocycles. The molecule has 1 aliphatic heterocycles. The van der Waals surface area contributed by atoms with E-state index in [0.717, 1.165) is 19.0 Å². The maximum absolute atomic E-state index is 3.78. The molecule has 0 radical (unpaired) electrons. The lowest BCUT2D eigenvalue weighted by Crippen LogP contribution is -2.56. The summed E-state index contributed by atoms with van der Waals surface area (Å²) in [5, 5.41) is 3.78. The predicted molar refractivity (Wildman–Crippen MR) is 91.4 cm³/mol. The van der Waals surface area contributed by atoms with E-state index in [2.05, 4.69) is 75.2 Å². The van der Waals surface area contributed by atoms with E-state index in [1.54, 1.807) is 0 Å². The standard InChI is InChI=1S/C19H32N2/c1-14(2)11-18-13-21(16(5)15(3)4)19(12-20-18)17-9-7-6-8-10-17/h6-10,14-16,18-20H,11-13H2,1-5H3. The second kappa shape index (κ2) is 7.42. The Kier molecular flexibility index (Phi) is 5.83. The van der Waals surface area contributed by atoms with Crippen LogP contribution in [0.5, 0.6) is 0 Å². The molecule has 1 heterocycles. The first-order valence-corrected chi connectivity index (χ1v) is 8.53. The molecule has 1 aromatic rings. The number of piperazine rings is 1. The summed E-state index contributed by atoms with van der Waals surface area (Å²) in [6.07, 6.45) is 1.27. The van der Waals surface area contributed by atoms with E-state index in [9.17, 15) is 0 Å². The van der Waals surface area contributed by atoms with Gasteiger partial charge in [-0.25, -0.2) is 0 Å². The van der Waals surface area contributed by atoms with E-state index in [0.29, 0.717) is 24.0 Å². The van der Waals surface area contributed by atoms with Crippen molar-refractivity contribution in [3.63, 3.8) is 0 Å². The monoisotopic (exact) mass is 288 g/mol. The van der Waals surface area contributed by atoms with E-state index in [1.165, 1.54) is 12.0 Å². The molecule has 0 bridgehead atoms. The minimum Gasteiger partial charge on any atom is -0.311 e. The van der Waals surface area contributed by atoms with Gasteiger partial charge in [0.1, 0.15) is 0 Å². The number of nitrogens with zero attached hydrogens (tertiary/aromatic N) is 1. The summed E-state index contributed by atoms with van der Waals surface area (Å²) in [5.41, 5.74) is 1.44. The van der Waals surface area contributed by atoms with Crippen LogP contribution in [0.1, 0.15) is 52.6 Å². The minimum absolute atomic E-state index is 0.506. The normalized spacial score (nSPS) is 25.5. The molecule has 3 atom stereocenters. The Morgan fingerprint density at radius 3 is 2.33 bits per heavy atom. The Bertz CT molecular complexity index is 413. The number of rotatable bonds is 5. The maximum atomic E-state index is 3.78. The predicted octanol–water partition coefficient (Wildman–Crippen LogP) is 4.09. The molecule has 0 aliphatic carbocycles. The molecule has 1 saturated heterocycles. The Morgan fingerprint density at radius 1 is 1.10 bits per heavy atom. The Balaban J connectivity index is 2.16. The van der Waals surface area contributed by atoms with Crippen molar-refractivity contribution >= 4 is 0 Å². The van der Waals surface area contributed by atoms with Crippen molar-refractivity contribution in [3.8, 4) is 0 Å². The van der Waals surface area contributed by atoms with Crippen LogP contribution in [-0.2, 0) is 0 Å². The zero-order valence-corrected chi connectivity index (χ0v) is 14.3. The van der Waals surface area contributed by atoms with Crippen LogP contribution >= 0.6 is 0 Å². The average molecular weight is 288 g/mol. The first-order chi connectivity index (χ1) is 9.99. The van der Waals surface area contributed by atoms with Crippen LogP contribution in [0.15, 0.2) is 30.3 Å². The molecule has 21 heavy (non-hydrogen) atoms. The summed E-state index contributed by atoms with van der Waals surface area (Å²) >= 11 is 0. The van der Waals surface area contributed by atoms with Gasteiger partial charge in [-0.05, 0) is 30.7 Å². The lowest BCUT2D eigenvalue weighted by molar-refractivity contribution is 0.0619. The van der Waals surface area contributed by atoms with Crippen molar-refractivity contribution in [2.75, 3.05) is 13.1 Å². The fourth-order valence-corrected chi connectivity index (χ4v) is 3.39. The highest BCUT2D eigenvalue weighted by atomic mass is 15.3. The van der Waals surface area contributed by atoms with Crippen molar-refractivity contribution in [2.24, 2.45) is 11.8 Å². The lowest BCUT2D eigenvalue weighted by atomic mass is 9.92. The Labute approximate surface area is 130 Å². The van der Waals surface area contributed by atoms with E-state index in [1.807, 2.05) is 0 Å². The van der Waals surface area contributed by atoms with Crippen LogP contribution in [-0.4, -0.2) is 30.1 Å². The Morgan fingerprint density at radius 2 is 1.76 bits per heavy atom. The van der Waals surface area contributed by atoms with E-state index in [-0.39, 0.29) is 0 Å². The first-order valence-electron chi connectivity index (χ1n) is 8.53. The Hall–Kier alpha value is -0.860. The molecule has 0 spiro atoms. The SMILES string of the molecule is CC(C)CC1CN(C(C)C(C)C)C(c2ccccc2)CN1. The van der Waals surface area contributed by atoms with Gasteiger partial charge in [-0.3, -0.25) is 4.90 Å². The smallest absolute Gasteiger partial charge is 0.0476 e. The largest absolute Gasteiger partial charge is 0.311 e. The summed E-state index contributed by atoms with van der Waals surface area (Å²) in [6, 6.07) is 12.7. The molecule has 1 aromatic carbocycles. The molecule has 2 rings (SSSR count). The molecule has 0 amide bonds. The van der Waals surface area contributed by atoms with E-state index >= 15 is 0 Å². The number of nitrogens with one attached hydrogen (secondary N) is 1. The quantitative estimate of drug-likeness (QED) is 0.878. The summed E-state index contributed by atoms with van der Waals surface area (Å²) in [5.74, 6) is 1.45. The third-order valence-corrected chi connectivity index (χ3v) is 4.86. The van der Waals surface area contributed by atoms with Crippen LogP contribution in [0.4, 0.5) is 0 Å². The van der Waals surface area contributed by atoms with Crippen LogP contribution in [0.3, 0.4) is 0 Å². The molecule has 0 aromatic heterocycles. The minimum atomic E-state index is 0.506. The van der Waals surface area contributed by atoms with Crippen LogP contribution in [0, 0.1) is 11.8 Å². The third-order valence-electron chi connectivity index (χ3n) is 4.86. The molecule has 1 N–H and O–H groups in total. The summed E-state index contributed by atoms with van der Waals surface area (Å²) in [6.45, 7) is 13.9. The zero-order valence-electron chi connectivity index (χ0n) is 14.3. The van der Waals surface area contributed by atoms with Gasteiger partial charge in [-0.15, -0.1) is 0 Å². The zero-order chi connectivity index (χ0) is 15.4. The van der Waals surface area contributed by atoms with Gasteiger partial charge in [0.15, 0.2) is 0 Å². The fourth-order valence-electron chi connectivity index (χ4n) is 3.39. The van der Waals surface area contributed by atoms with Crippen molar-refractivity contribution in [1.29, 1.82) is 0 Å². The van der Waals surface area contributed by atoms with Gasteiger partial charge in [-0.2, -0.15) is 0 Å². The fraction of sp³-hybridized carbons (Fsp3) is 0.684. The average Bonchev–Trinajstić information content (AvgIpc) is 2.46. The van der Waals surface area contributed by atoms with Gasteiger partial charge in [-0.1, -0.05) is 58.0 Å². The molecule has 1 aliphatic rings. The summed E-state index contributed by atoms with van der Waals surface area (Å²) in [7, 11) is 0.